The molecule has 2 heterocycles. The summed E-state index contributed by atoms with van der Waals surface area (Å²) in [6.07, 6.45) is 2.65. The molecular weight excluding hydrogens is 604 g/mol. The third-order valence-electron chi connectivity index (χ3n) is 4.88. The van der Waals surface area contributed by atoms with Crippen LogP contribution in [0.2, 0.25) is 0 Å². The van der Waals surface area contributed by atoms with Crippen LogP contribution in [-0.2, 0) is 30.4 Å². The van der Waals surface area contributed by atoms with E-state index in [0.29, 0.717) is 10.4 Å². The zero-order valence-corrected chi connectivity index (χ0v) is 22.2. The molecule has 0 atom stereocenters. The number of anilines is 1. The molecule has 0 unspecified atom stereocenters. The van der Waals surface area contributed by atoms with Crippen LogP contribution in [0, 0.1) is 34.9 Å². The highest BCUT2D eigenvalue weighted by Crippen LogP contribution is 2.25. The molecule has 0 spiro atoms. The zero-order valence-electron chi connectivity index (χ0n) is 20.5. The van der Waals surface area contributed by atoms with Crippen molar-refractivity contribution < 1.29 is 47.9 Å². The van der Waals surface area contributed by atoms with Gasteiger partial charge in [-0.25, -0.2) is 47.5 Å². The van der Waals surface area contributed by atoms with Gasteiger partial charge in [0.25, 0.3) is 10.0 Å². The molecule has 0 aliphatic rings. The lowest BCUT2D eigenvalue weighted by Crippen LogP contribution is -2.34. The Kier molecular flexibility index (Phi) is 9.95. The molecule has 0 saturated carbocycles. The molecule has 41 heavy (non-hydrogen) atoms. The fourth-order valence-electron chi connectivity index (χ4n) is 3.05. The minimum absolute atomic E-state index is 0.0756. The smallest absolute Gasteiger partial charge is 0.270 e. The maximum Gasteiger partial charge on any atom is 0.270 e. The quantitative estimate of drug-likeness (QED) is 0.125. The van der Waals surface area contributed by atoms with Gasteiger partial charge in [-0.3, -0.25) is 0 Å². The lowest BCUT2D eigenvalue weighted by molar-refractivity contribution is 0.209. The highest BCUT2D eigenvalue weighted by Gasteiger charge is 2.30. The predicted octanol–water partition coefficient (Wildman–Crippen LogP) is 3.56. The molecule has 0 aliphatic heterocycles. The van der Waals surface area contributed by atoms with E-state index in [4.69, 9.17) is 4.74 Å². The SMILES string of the molecule is COCN(c1cccnn1)S(=O)(=O)c1cc(F)c(F)cc1F.O=S(=O)(Cc1cccnn1)c1cc(F)c(F)cc1F. The fourth-order valence-corrected chi connectivity index (χ4v) is 5.77. The highest BCUT2D eigenvalue weighted by atomic mass is 32.2. The van der Waals surface area contributed by atoms with Crippen LogP contribution in [0.3, 0.4) is 0 Å². The summed E-state index contributed by atoms with van der Waals surface area (Å²) in [5.41, 5.74) is 0.0756. The molecule has 0 aliphatic carbocycles. The summed E-state index contributed by atoms with van der Waals surface area (Å²) in [6, 6.07) is 6.46. The summed E-state index contributed by atoms with van der Waals surface area (Å²) in [5.74, 6) is -9.44. The van der Waals surface area contributed by atoms with Crippen LogP contribution in [0.15, 0.2) is 70.7 Å². The molecule has 2 aromatic carbocycles. The van der Waals surface area contributed by atoms with Gasteiger partial charge in [0, 0.05) is 37.7 Å². The van der Waals surface area contributed by atoms with Gasteiger partial charge < -0.3 is 4.74 Å². The van der Waals surface area contributed by atoms with Gasteiger partial charge in [-0.05, 0) is 30.3 Å². The lowest BCUT2D eigenvalue weighted by Gasteiger charge is -2.22. The van der Waals surface area contributed by atoms with E-state index in [2.05, 4.69) is 20.4 Å². The van der Waals surface area contributed by atoms with Gasteiger partial charge in [0.15, 0.2) is 38.9 Å². The number of hydrogen-bond donors (Lipinski definition) is 0. The Labute approximate surface area is 229 Å². The molecule has 4 aromatic rings. The van der Waals surface area contributed by atoms with Crippen molar-refractivity contribution in [2.24, 2.45) is 0 Å². The molecule has 0 bridgehead atoms. The summed E-state index contributed by atoms with van der Waals surface area (Å²) in [5, 5.41) is 14.1. The van der Waals surface area contributed by atoms with Crippen molar-refractivity contribution in [2.75, 3.05) is 18.1 Å². The number of ether oxygens (including phenoxy) is 1. The second-order valence-corrected chi connectivity index (χ2v) is 11.5. The van der Waals surface area contributed by atoms with Crippen LogP contribution in [0.4, 0.5) is 32.2 Å². The second kappa shape index (κ2) is 13.0. The Morgan fingerprint density at radius 3 is 1.73 bits per heavy atom. The van der Waals surface area contributed by atoms with Crippen LogP contribution in [0.25, 0.3) is 0 Å². The minimum atomic E-state index is -4.56. The maximum absolute atomic E-state index is 13.8. The number of sulfonamides is 1. The molecule has 4 rings (SSSR count). The van der Waals surface area contributed by atoms with Gasteiger partial charge in [-0.1, -0.05) is 0 Å². The monoisotopic (exact) mass is 621 g/mol. The van der Waals surface area contributed by atoms with Crippen molar-refractivity contribution in [3.63, 3.8) is 0 Å². The number of aromatic nitrogens is 4. The van der Waals surface area contributed by atoms with Crippen LogP contribution < -0.4 is 4.31 Å². The first kappa shape index (κ1) is 31.4. The molecule has 18 heteroatoms. The van der Waals surface area contributed by atoms with Crippen molar-refractivity contribution >= 4 is 25.7 Å². The van der Waals surface area contributed by atoms with E-state index in [1.165, 1.54) is 43.8 Å². The molecule has 0 N–H and O–H groups in total. The Bertz CT molecular complexity index is 1740. The van der Waals surface area contributed by atoms with Gasteiger partial charge in [-0.2, -0.15) is 15.3 Å². The van der Waals surface area contributed by atoms with Gasteiger partial charge in [0.1, 0.15) is 28.2 Å². The number of halogens is 6. The number of nitrogens with zero attached hydrogens (tertiary/aromatic N) is 5. The molecule has 2 aromatic heterocycles. The Morgan fingerprint density at radius 2 is 1.22 bits per heavy atom. The number of hydrogen-bond acceptors (Lipinski definition) is 9. The zero-order chi connectivity index (χ0) is 30.4. The van der Waals surface area contributed by atoms with Crippen molar-refractivity contribution in [2.45, 2.75) is 15.5 Å². The Morgan fingerprint density at radius 1 is 0.707 bits per heavy atom. The third-order valence-corrected chi connectivity index (χ3v) is 8.28. The first-order valence-electron chi connectivity index (χ1n) is 10.9. The summed E-state index contributed by atoms with van der Waals surface area (Å²) in [4.78, 5) is -1.94. The van der Waals surface area contributed by atoms with Crippen molar-refractivity contribution in [3.05, 3.63) is 102 Å². The average molecular weight is 622 g/mol. The topological polar surface area (TPSA) is 132 Å². The average Bonchev–Trinajstić information content (AvgIpc) is 2.92. The molecule has 0 amide bonds. The molecule has 0 radical (unpaired) electrons. The predicted molar refractivity (Wildman–Crippen MR) is 129 cm³/mol. The second-order valence-electron chi connectivity index (χ2n) is 7.72. The molecule has 0 saturated heterocycles. The Hall–Kier alpha value is -4.16. The van der Waals surface area contributed by atoms with E-state index >= 15 is 0 Å². The van der Waals surface area contributed by atoms with Gasteiger partial charge >= 0.3 is 0 Å². The summed E-state index contributed by atoms with van der Waals surface area (Å²) < 4.78 is 133. The number of benzene rings is 2. The summed E-state index contributed by atoms with van der Waals surface area (Å²) >= 11 is 0. The number of methoxy groups -OCH3 is 1. The first-order valence-corrected chi connectivity index (χ1v) is 13.9. The number of sulfone groups is 1. The lowest BCUT2D eigenvalue weighted by atomic mass is 10.3. The minimum Gasteiger partial charge on any atom is -0.363 e. The molecule has 218 valence electrons. The van der Waals surface area contributed by atoms with E-state index in [0.717, 1.165) is 0 Å². The van der Waals surface area contributed by atoms with Crippen LogP contribution in [0.1, 0.15) is 5.69 Å². The van der Waals surface area contributed by atoms with E-state index in [9.17, 15) is 43.2 Å². The van der Waals surface area contributed by atoms with Crippen LogP contribution in [-0.4, -0.2) is 51.1 Å². The maximum atomic E-state index is 13.8. The van der Waals surface area contributed by atoms with Crippen molar-refractivity contribution in [3.8, 4) is 0 Å². The van der Waals surface area contributed by atoms with E-state index in [-0.39, 0.29) is 29.7 Å². The standard InChI is InChI=1S/C12H10F3N3O3S.C11H7F3N2O2S/c1-21-7-18(12-3-2-4-16-17-12)22(19,20)11-6-9(14)8(13)5-10(11)15;12-8-4-10(14)11(5-9(8)13)19(17,18)6-7-2-1-3-15-16-7/h2-6H,7H2,1H3;1-5H,6H2. The largest absolute Gasteiger partial charge is 0.363 e. The summed E-state index contributed by atoms with van der Waals surface area (Å²) in [7, 11) is -7.52. The Balaban J connectivity index is 0.000000228. The van der Waals surface area contributed by atoms with E-state index < -0.39 is 77.0 Å². The highest BCUT2D eigenvalue weighted by molar-refractivity contribution is 7.92. The molecule has 10 nitrogen and oxygen atoms in total. The normalized spacial score (nSPS) is 11.5. The first-order chi connectivity index (χ1) is 19.3. The van der Waals surface area contributed by atoms with E-state index in [1.54, 1.807) is 0 Å². The van der Waals surface area contributed by atoms with Crippen LogP contribution in [0.5, 0.6) is 0 Å². The van der Waals surface area contributed by atoms with E-state index in [1.807, 2.05) is 0 Å². The molecule has 0 fully saturated rings. The fraction of sp³-hybridized carbons (Fsp3) is 0.130. The summed E-state index contributed by atoms with van der Waals surface area (Å²) in [6.45, 7) is -0.514. The van der Waals surface area contributed by atoms with Crippen molar-refractivity contribution in [1.82, 2.24) is 20.4 Å². The third kappa shape index (κ3) is 7.53. The van der Waals surface area contributed by atoms with Crippen molar-refractivity contribution in [1.29, 1.82) is 0 Å². The van der Waals surface area contributed by atoms with Gasteiger partial charge in [-0.15, -0.1) is 5.10 Å². The van der Waals surface area contributed by atoms with Crippen LogP contribution >= 0.6 is 0 Å². The number of rotatable bonds is 8. The molecular formula is C23H17F6N5O5S2. The van der Waals surface area contributed by atoms with Gasteiger partial charge in [0.2, 0.25) is 0 Å². The van der Waals surface area contributed by atoms with Gasteiger partial charge in [0.05, 0.1) is 11.4 Å².